The Morgan fingerprint density at radius 2 is 2.00 bits per heavy atom. The normalized spacial score (nSPS) is 43.7. The predicted octanol–water partition coefficient (Wildman–Crippen LogP) is 3.59. The van der Waals surface area contributed by atoms with Crippen LogP contribution in [0.1, 0.15) is 58.8 Å². The zero-order valence-corrected chi connectivity index (χ0v) is 15.6. The maximum absolute atomic E-state index is 12.1. The smallest absolute Gasteiger partial charge is 0.334 e. The first-order valence-corrected chi connectivity index (χ1v) is 9.35. The molecule has 0 aromatic carbocycles. The average molecular weight is 346 g/mol. The molecule has 3 aliphatic rings. The van der Waals surface area contributed by atoms with Crippen LogP contribution in [0, 0.1) is 22.7 Å². The van der Waals surface area contributed by atoms with E-state index in [0.717, 1.165) is 38.4 Å². The van der Waals surface area contributed by atoms with Gasteiger partial charge in [-0.25, -0.2) is 4.79 Å². The van der Waals surface area contributed by atoms with Gasteiger partial charge in [0.15, 0.2) is 0 Å². The number of fused-ring (bicyclic) bond motifs is 3. The van der Waals surface area contributed by atoms with Gasteiger partial charge in [-0.15, -0.1) is 6.58 Å². The van der Waals surface area contributed by atoms with E-state index in [4.69, 9.17) is 4.74 Å². The second-order valence-corrected chi connectivity index (χ2v) is 8.87. The number of rotatable bonds is 3. The van der Waals surface area contributed by atoms with E-state index in [0.29, 0.717) is 24.0 Å². The summed E-state index contributed by atoms with van der Waals surface area (Å²) in [5.41, 5.74) is 0.271. The molecule has 25 heavy (non-hydrogen) atoms. The lowest BCUT2D eigenvalue weighted by Gasteiger charge is -2.61. The Morgan fingerprint density at radius 3 is 2.60 bits per heavy atom. The molecule has 0 aliphatic heterocycles. The number of hydrogen-bond acceptors (Lipinski definition) is 4. The summed E-state index contributed by atoms with van der Waals surface area (Å²) in [5.74, 6) is -0.194. The lowest BCUT2D eigenvalue weighted by Crippen LogP contribution is -2.59. The molecule has 0 radical (unpaired) electrons. The number of carbonyl (C=O) groups excluding carboxylic acids is 2. The molecule has 0 bridgehead atoms. The van der Waals surface area contributed by atoms with Gasteiger partial charge in [-0.05, 0) is 67.6 Å². The maximum Gasteiger partial charge on any atom is 0.334 e. The largest absolute Gasteiger partial charge is 0.466 e. The molecule has 0 heterocycles. The number of esters is 1. The summed E-state index contributed by atoms with van der Waals surface area (Å²) < 4.78 is 4.89. The van der Waals surface area contributed by atoms with Crippen LogP contribution >= 0.6 is 0 Å². The van der Waals surface area contributed by atoms with Crippen molar-refractivity contribution in [3.63, 3.8) is 0 Å². The van der Waals surface area contributed by atoms with Gasteiger partial charge < -0.3 is 9.84 Å². The Hall–Kier alpha value is -1.42. The first-order chi connectivity index (χ1) is 11.7. The molecule has 4 heteroatoms. The molecule has 0 spiro atoms. The van der Waals surface area contributed by atoms with E-state index in [1.807, 2.05) is 6.08 Å². The highest BCUT2D eigenvalue weighted by Gasteiger charge is 2.60. The summed E-state index contributed by atoms with van der Waals surface area (Å²) in [6, 6.07) is 0. The van der Waals surface area contributed by atoms with Crippen molar-refractivity contribution in [2.75, 3.05) is 7.11 Å². The number of aldehydes is 1. The van der Waals surface area contributed by atoms with Crippen LogP contribution in [0.15, 0.2) is 23.8 Å². The minimum Gasteiger partial charge on any atom is -0.466 e. The van der Waals surface area contributed by atoms with Crippen molar-refractivity contribution in [1.29, 1.82) is 0 Å². The third-order valence-electron chi connectivity index (χ3n) is 7.51. The van der Waals surface area contributed by atoms with Crippen molar-refractivity contribution in [2.24, 2.45) is 22.7 Å². The second kappa shape index (κ2) is 6.08. The summed E-state index contributed by atoms with van der Waals surface area (Å²) >= 11 is 0. The van der Waals surface area contributed by atoms with Gasteiger partial charge >= 0.3 is 5.97 Å². The fourth-order valence-electron chi connectivity index (χ4n) is 6.11. The summed E-state index contributed by atoms with van der Waals surface area (Å²) in [7, 11) is 1.36. The van der Waals surface area contributed by atoms with Gasteiger partial charge in [0, 0.05) is 11.1 Å². The van der Waals surface area contributed by atoms with Crippen molar-refractivity contribution in [1.82, 2.24) is 0 Å². The van der Waals surface area contributed by atoms with Crippen molar-refractivity contribution in [2.45, 2.75) is 64.4 Å². The summed E-state index contributed by atoms with van der Waals surface area (Å²) in [6.45, 7) is 8.36. The van der Waals surface area contributed by atoms with E-state index in [9.17, 15) is 14.7 Å². The second-order valence-electron chi connectivity index (χ2n) is 8.87. The van der Waals surface area contributed by atoms with Crippen molar-refractivity contribution < 1.29 is 19.4 Å². The average Bonchev–Trinajstić information content (AvgIpc) is 2.58. The zero-order chi connectivity index (χ0) is 18.5. The summed E-state index contributed by atoms with van der Waals surface area (Å²) in [4.78, 5) is 23.9. The van der Waals surface area contributed by atoms with Crippen LogP contribution < -0.4 is 0 Å². The summed E-state index contributed by atoms with van der Waals surface area (Å²) in [6.07, 6.45) is 8.31. The standard InChI is InChI=1S/C21H30O4/c1-5-19(2)9-8-17-20(3)10-6-14(18(23)25-4)15(12-22)16(20)7-11-21(17,24)13-19/h5,12,16-17,24H,1,6-11,13H2,2-4H3/t16-,17+,19-,20-,21+/m0/s1. The predicted molar refractivity (Wildman–Crippen MR) is 95.8 cm³/mol. The van der Waals surface area contributed by atoms with Crippen LogP contribution in [0.3, 0.4) is 0 Å². The molecule has 3 aliphatic carbocycles. The van der Waals surface area contributed by atoms with Gasteiger partial charge in [0.2, 0.25) is 0 Å². The van der Waals surface area contributed by atoms with E-state index in [-0.39, 0.29) is 28.6 Å². The molecule has 5 atom stereocenters. The Bertz CT molecular complexity index is 636. The van der Waals surface area contributed by atoms with E-state index in [1.165, 1.54) is 7.11 Å². The van der Waals surface area contributed by atoms with E-state index in [1.54, 1.807) is 0 Å². The summed E-state index contributed by atoms with van der Waals surface area (Å²) in [5, 5.41) is 11.5. The van der Waals surface area contributed by atoms with Gasteiger partial charge in [-0.1, -0.05) is 19.9 Å². The maximum atomic E-state index is 12.1. The topological polar surface area (TPSA) is 63.6 Å². The molecular weight excluding hydrogens is 316 g/mol. The van der Waals surface area contributed by atoms with Crippen LogP contribution in [0.25, 0.3) is 0 Å². The SMILES string of the molecule is C=C[C@@]1(C)CC[C@H]2[C@@](O)(CC[C@H]3C(C=O)=C(C(=O)OC)CC[C@@]32C)C1. The number of methoxy groups -OCH3 is 1. The van der Waals surface area contributed by atoms with Gasteiger partial charge in [0.25, 0.3) is 0 Å². The number of carbonyl (C=O) groups is 2. The van der Waals surface area contributed by atoms with Crippen LogP contribution in [0.4, 0.5) is 0 Å². The fourth-order valence-corrected chi connectivity index (χ4v) is 6.11. The van der Waals surface area contributed by atoms with Crippen molar-refractivity contribution in [3.05, 3.63) is 23.8 Å². The third-order valence-corrected chi connectivity index (χ3v) is 7.51. The highest BCUT2D eigenvalue weighted by atomic mass is 16.5. The van der Waals surface area contributed by atoms with Gasteiger partial charge in [-0.3, -0.25) is 4.79 Å². The molecule has 138 valence electrons. The molecular formula is C21H30O4. The Labute approximate surface area is 150 Å². The van der Waals surface area contributed by atoms with E-state index < -0.39 is 5.60 Å². The van der Waals surface area contributed by atoms with Gasteiger partial charge in [-0.2, -0.15) is 0 Å². The molecule has 1 N–H and O–H groups in total. The molecule has 4 nitrogen and oxygen atoms in total. The van der Waals surface area contributed by atoms with Crippen LogP contribution in [-0.4, -0.2) is 30.1 Å². The quantitative estimate of drug-likeness (QED) is 0.482. The molecule has 0 saturated heterocycles. The third kappa shape index (κ3) is 2.69. The van der Waals surface area contributed by atoms with E-state index in [2.05, 4.69) is 20.4 Å². The molecule has 2 fully saturated rings. The monoisotopic (exact) mass is 346 g/mol. The van der Waals surface area contributed by atoms with Crippen LogP contribution in [-0.2, 0) is 14.3 Å². The Balaban J connectivity index is 1.99. The first kappa shape index (κ1) is 18.4. The van der Waals surface area contributed by atoms with Gasteiger partial charge in [0.05, 0.1) is 12.7 Å². The number of aliphatic hydroxyl groups is 1. The van der Waals surface area contributed by atoms with Crippen molar-refractivity contribution >= 4 is 12.3 Å². The van der Waals surface area contributed by atoms with Crippen LogP contribution in [0.5, 0.6) is 0 Å². The van der Waals surface area contributed by atoms with Crippen LogP contribution in [0.2, 0.25) is 0 Å². The molecule has 0 aromatic rings. The molecule has 3 rings (SSSR count). The molecule has 0 unspecified atom stereocenters. The van der Waals surface area contributed by atoms with E-state index >= 15 is 0 Å². The molecule has 2 saturated carbocycles. The number of allylic oxidation sites excluding steroid dienone is 2. The number of hydrogen-bond donors (Lipinski definition) is 1. The minimum atomic E-state index is -0.705. The first-order valence-electron chi connectivity index (χ1n) is 9.35. The minimum absolute atomic E-state index is 0.0242. The fraction of sp³-hybridized carbons (Fsp3) is 0.714. The molecule has 0 aromatic heterocycles. The number of ether oxygens (including phenoxy) is 1. The molecule has 0 amide bonds. The highest BCUT2D eigenvalue weighted by Crippen LogP contribution is 2.63. The van der Waals surface area contributed by atoms with Crippen molar-refractivity contribution in [3.8, 4) is 0 Å². The lowest BCUT2D eigenvalue weighted by atomic mass is 9.45. The Kier molecular flexibility index (Phi) is 4.47. The Morgan fingerprint density at radius 1 is 1.28 bits per heavy atom. The zero-order valence-electron chi connectivity index (χ0n) is 15.6. The highest BCUT2D eigenvalue weighted by molar-refractivity contribution is 5.96. The van der Waals surface area contributed by atoms with Gasteiger partial charge in [0.1, 0.15) is 6.29 Å². The lowest BCUT2D eigenvalue weighted by molar-refractivity contribution is -0.172.